The van der Waals surface area contributed by atoms with E-state index in [9.17, 15) is 14.7 Å². The smallest absolute Gasteiger partial charge is 0.325 e. The standard InChI is InChI=1S/C21H13Cl2N5O3S/c22-13-9-15(18(30)16(23)10-13)19-27-28-21(32-19)26-20(31)25-14-3-1-11(2-4-14)17(29)12-5-7-24-8-6-12/h1-10,30H,(H2,25,26,28,31). The summed E-state index contributed by atoms with van der Waals surface area (Å²) in [7, 11) is 0. The summed E-state index contributed by atoms with van der Waals surface area (Å²) in [5, 5.41) is 24.1. The zero-order valence-electron chi connectivity index (χ0n) is 16.0. The Labute approximate surface area is 195 Å². The molecule has 0 aliphatic heterocycles. The first-order valence-electron chi connectivity index (χ1n) is 9.05. The number of halogens is 2. The maximum Gasteiger partial charge on any atom is 0.325 e. The highest BCUT2D eigenvalue weighted by Gasteiger charge is 2.16. The predicted octanol–water partition coefficient (Wildman–Crippen LogP) is 5.49. The number of rotatable bonds is 5. The van der Waals surface area contributed by atoms with Crippen molar-refractivity contribution < 1.29 is 14.7 Å². The van der Waals surface area contributed by atoms with Gasteiger partial charge < -0.3 is 10.4 Å². The SMILES string of the molecule is O=C(Nc1ccc(C(=O)c2ccncc2)cc1)Nc1nnc(-c2cc(Cl)cc(Cl)c2O)s1. The third-order valence-corrected chi connectivity index (χ3v) is 5.63. The highest BCUT2D eigenvalue weighted by molar-refractivity contribution is 7.18. The molecule has 0 atom stereocenters. The van der Waals surface area contributed by atoms with Gasteiger partial charge in [-0.1, -0.05) is 34.5 Å². The van der Waals surface area contributed by atoms with Crippen LogP contribution in [0, 0.1) is 0 Å². The Morgan fingerprint density at radius 2 is 1.59 bits per heavy atom. The number of amides is 2. The van der Waals surface area contributed by atoms with Crippen molar-refractivity contribution in [3.8, 4) is 16.3 Å². The molecular weight excluding hydrogens is 473 g/mol. The first kappa shape index (κ1) is 21.7. The molecule has 0 saturated carbocycles. The van der Waals surface area contributed by atoms with Gasteiger partial charge in [0.2, 0.25) is 5.13 Å². The van der Waals surface area contributed by atoms with Crippen molar-refractivity contribution in [3.05, 3.63) is 82.1 Å². The molecule has 0 fully saturated rings. The number of phenols is 1. The molecule has 160 valence electrons. The van der Waals surface area contributed by atoms with Crippen molar-refractivity contribution >= 4 is 57.2 Å². The number of aromatic hydroxyl groups is 1. The van der Waals surface area contributed by atoms with Gasteiger partial charge in [-0.25, -0.2) is 4.79 Å². The van der Waals surface area contributed by atoms with Crippen molar-refractivity contribution in [2.45, 2.75) is 0 Å². The number of benzene rings is 2. The topological polar surface area (TPSA) is 117 Å². The van der Waals surface area contributed by atoms with Crippen LogP contribution in [0.4, 0.5) is 15.6 Å². The van der Waals surface area contributed by atoms with Gasteiger partial charge in [-0.05, 0) is 48.5 Å². The zero-order valence-corrected chi connectivity index (χ0v) is 18.4. The Hall–Kier alpha value is -3.53. The van der Waals surface area contributed by atoms with Crippen LogP contribution in [0.5, 0.6) is 5.75 Å². The summed E-state index contributed by atoms with van der Waals surface area (Å²) >= 11 is 12.9. The van der Waals surface area contributed by atoms with Gasteiger partial charge in [-0.15, -0.1) is 10.2 Å². The number of pyridine rings is 1. The monoisotopic (exact) mass is 485 g/mol. The molecule has 0 spiro atoms. The second kappa shape index (κ2) is 9.31. The largest absolute Gasteiger partial charge is 0.506 e. The molecule has 0 unspecified atom stereocenters. The number of nitrogens with one attached hydrogen (secondary N) is 2. The minimum absolute atomic E-state index is 0.0841. The van der Waals surface area contributed by atoms with E-state index in [1.165, 1.54) is 12.1 Å². The van der Waals surface area contributed by atoms with Crippen molar-refractivity contribution in [1.29, 1.82) is 0 Å². The molecule has 3 N–H and O–H groups in total. The molecule has 4 rings (SSSR count). The molecule has 0 aliphatic rings. The molecular formula is C21H13Cl2N5O3S. The zero-order chi connectivity index (χ0) is 22.7. The van der Waals surface area contributed by atoms with Gasteiger partial charge in [-0.2, -0.15) is 0 Å². The van der Waals surface area contributed by atoms with Gasteiger partial charge in [0.05, 0.1) is 10.6 Å². The summed E-state index contributed by atoms with van der Waals surface area (Å²) in [4.78, 5) is 28.6. The fraction of sp³-hybridized carbons (Fsp3) is 0. The quantitative estimate of drug-likeness (QED) is 0.321. The lowest BCUT2D eigenvalue weighted by molar-refractivity contribution is 0.103. The minimum Gasteiger partial charge on any atom is -0.506 e. The van der Waals surface area contributed by atoms with Crippen LogP contribution >= 0.6 is 34.5 Å². The van der Waals surface area contributed by atoms with E-state index >= 15 is 0 Å². The Morgan fingerprint density at radius 3 is 2.31 bits per heavy atom. The van der Waals surface area contributed by atoms with Crippen molar-refractivity contribution in [1.82, 2.24) is 15.2 Å². The van der Waals surface area contributed by atoms with E-state index < -0.39 is 6.03 Å². The van der Waals surface area contributed by atoms with Gasteiger partial charge in [0, 0.05) is 34.2 Å². The van der Waals surface area contributed by atoms with Gasteiger partial charge in [-0.3, -0.25) is 15.1 Å². The summed E-state index contributed by atoms with van der Waals surface area (Å²) in [6, 6.07) is 12.1. The Kier molecular flexibility index (Phi) is 6.31. The molecule has 8 nitrogen and oxygen atoms in total. The van der Waals surface area contributed by atoms with E-state index in [0.29, 0.717) is 32.4 Å². The average molecular weight is 486 g/mol. The van der Waals surface area contributed by atoms with Crippen LogP contribution in [0.1, 0.15) is 15.9 Å². The summed E-state index contributed by atoms with van der Waals surface area (Å²) in [6.07, 6.45) is 3.10. The van der Waals surface area contributed by atoms with E-state index in [4.69, 9.17) is 23.2 Å². The summed E-state index contributed by atoms with van der Waals surface area (Å²) in [6.45, 7) is 0. The van der Waals surface area contributed by atoms with E-state index in [-0.39, 0.29) is 21.7 Å². The lowest BCUT2D eigenvalue weighted by Crippen LogP contribution is -2.19. The maximum atomic E-state index is 12.4. The normalized spacial score (nSPS) is 10.6. The Balaban J connectivity index is 1.41. The molecule has 11 heteroatoms. The van der Waals surface area contributed by atoms with Crippen LogP contribution in [0.2, 0.25) is 10.0 Å². The summed E-state index contributed by atoms with van der Waals surface area (Å²) in [5.41, 5.74) is 1.80. The second-order valence-corrected chi connectivity index (χ2v) is 8.24. The highest BCUT2D eigenvalue weighted by atomic mass is 35.5. The second-order valence-electron chi connectivity index (χ2n) is 6.42. The average Bonchev–Trinajstić information content (AvgIpc) is 3.25. The number of carbonyl (C=O) groups is 2. The molecule has 2 aromatic carbocycles. The first-order chi connectivity index (χ1) is 15.4. The molecule has 2 aromatic heterocycles. The number of urea groups is 1. The number of ketones is 1. The molecule has 0 saturated heterocycles. The molecule has 0 radical (unpaired) electrons. The summed E-state index contributed by atoms with van der Waals surface area (Å²) in [5.74, 6) is -0.321. The van der Waals surface area contributed by atoms with Crippen molar-refractivity contribution in [2.75, 3.05) is 10.6 Å². The summed E-state index contributed by atoms with van der Waals surface area (Å²) < 4.78 is 0. The minimum atomic E-state index is -0.547. The fourth-order valence-corrected chi connectivity index (χ4v) is 4.00. The number of carbonyl (C=O) groups excluding carboxylic acids is 2. The number of anilines is 2. The molecule has 0 aliphatic carbocycles. The van der Waals surface area contributed by atoms with Crippen LogP contribution in [0.25, 0.3) is 10.6 Å². The van der Waals surface area contributed by atoms with Gasteiger partial charge in [0.1, 0.15) is 5.75 Å². The number of hydrogen-bond donors (Lipinski definition) is 3. The van der Waals surface area contributed by atoms with Crippen molar-refractivity contribution in [3.63, 3.8) is 0 Å². The molecule has 4 aromatic rings. The van der Waals surface area contributed by atoms with E-state index in [1.807, 2.05) is 0 Å². The number of phenolic OH excluding ortho intramolecular Hbond substituents is 1. The van der Waals surface area contributed by atoms with E-state index in [1.54, 1.807) is 48.8 Å². The molecule has 0 bridgehead atoms. The van der Waals surface area contributed by atoms with Gasteiger partial charge >= 0.3 is 6.03 Å². The maximum absolute atomic E-state index is 12.4. The van der Waals surface area contributed by atoms with Crippen LogP contribution in [0.3, 0.4) is 0 Å². The first-order valence-corrected chi connectivity index (χ1v) is 10.6. The third-order valence-electron chi connectivity index (χ3n) is 4.25. The number of aromatic nitrogens is 3. The number of nitrogens with zero attached hydrogens (tertiary/aromatic N) is 3. The van der Waals surface area contributed by atoms with Crippen LogP contribution in [-0.4, -0.2) is 32.1 Å². The van der Waals surface area contributed by atoms with Crippen LogP contribution in [0.15, 0.2) is 60.9 Å². The fourth-order valence-electron chi connectivity index (χ4n) is 2.75. The van der Waals surface area contributed by atoms with Crippen LogP contribution in [-0.2, 0) is 0 Å². The van der Waals surface area contributed by atoms with Gasteiger partial charge in [0.15, 0.2) is 10.8 Å². The van der Waals surface area contributed by atoms with Gasteiger partial charge in [0.25, 0.3) is 0 Å². The van der Waals surface area contributed by atoms with E-state index in [0.717, 1.165) is 11.3 Å². The Morgan fingerprint density at radius 1 is 0.906 bits per heavy atom. The van der Waals surface area contributed by atoms with Crippen LogP contribution < -0.4 is 10.6 Å². The third kappa shape index (κ3) is 4.86. The van der Waals surface area contributed by atoms with Crippen molar-refractivity contribution in [2.24, 2.45) is 0 Å². The predicted molar refractivity (Wildman–Crippen MR) is 124 cm³/mol. The molecule has 2 heterocycles. The lowest BCUT2D eigenvalue weighted by atomic mass is 10.0. The molecule has 2 amide bonds. The lowest BCUT2D eigenvalue weighted by Gasteiger charge is -2.06. The highest BCUT2D eigenvalue weighted by Crippen LogP contribution is 2.39. The number of hydrogen-bond acceptors (Lipinski definition) is 7. The molecule has 32 heavy (non-hydrogen) atoms. The van der Waals surface area contributed by atoms with E-state index in [2.05, 4.69) is 25.8 Å². The Bertz CT molecular complexity index is 1300.